The monoisotopic (exact) mass is 538 g/mol. The van der Waals surface area contributed by atoms with Gasteiger partial charge in [0.25, 0.3) is 0 Å². The van der Waals surface area contributed by atoms with Crippen LogP contribution in [0.2, 0.25) is 5.02 Å². The van der Waals surface area contributed by atoms with E-state index in [1.807, 2.05) is 6.92 Å². The number of rotatable bonds is 6. The minimum absolute atomic E-state index is 0.0601. The number of nitrogens with zero attached hydrogens (tertiary/aromatic N) is 2. The number of carbonyl (C=O) groups excluding carboxylic acids is 2. The number of hydrogen-bond acceptors (Lipinski definition) is 7. The van der Waals surface area contributed by atoms with E-state index in [-0.39, 0.29) is 29.2 Å². The van der Waals surface area contributed by atoms with E-state index < -0.39 is 5.25 Å². The van der Waals surface area contributed by atoms with E-state index in [4.69, 9.17) is 16.3 Å². The minimum Gasteiger partial charge on any atom is -0.507 e. The van der Waals surface area contributed by atoms with E-state index in [0.717, 1.165) is 21.8 Å². The predicted octanol–water partition coefficient (Wildman–Crippen LogP) is 4.47. The number of halogens is 2. The number of hydrogen-bond donors (Lipinski definition) is 3. The first-order valence-corrected chi connectivity index (χ1v) is 11.5. The molecule has 1 aliphatic rings. The molecule has 0 spiro atoms. The van der Waals surface area contributed by atoms with Crippen LogP contribution < -0.4 is 15.4 Å². The number of amides is 2. The molecule has 1 fully saturated rings. The maximum absolute atomic E-state index is 12.5. The van der Waals surface area contributed by atoms with Crippen molar-refractivity contribution in [2.75, 3.05) is 12.4 Å². The van der Waals surface area contributed by atoms with Gasteiger partial charge in [-0.15, -0.1) is 5.10 Å². The van der Waals surface area contributed by atoms with Gasteiger partial charge in [0.15, 0.2) is 5.17 Å². The fourth-order valence-electron chi connectivity index (χ4n) is 2.86. The highest BCUT2D eigenvalue weighted by molar-refractivity contribution is 9.10. The first-order chi connectivity index (χ1) is 15.2. The number of anilines is 1. The number of carbonyl (C=O) groups is 2. The molecular weight excluding hydrogens is 520 g/mol. The largest absolute Gasteiger partial charge is 0.507 e. The van der Waals surface area contributed by atoms with E-state index in [1.165, 1.54) is 7.11 Å². The molecule has 1 aliphatic heterocycles. The zero-order valence-corrected chi connectivity index (χ0v) is 20.6. The molecule has 3 rings (SSSR count). The molecule has 0 aromatic heterocycles. The Morgan fingerprint density at radius 3 is 2.84 bits per heavy atom. The zero-order valence-electron chi connectivity index (χ0n) is 17.4. The molecule has 0 unspecified atom stereocenters. The Hall–Kier alpha value is -2.56. The molecule has 168 valence electrons. The van der Waals surface area contributed by atoms with Gasteiger partial charge in [-0.2, -0.15) is 5.10 Å². The SMILES string of the molecule is COc1cc(Cl)c(C)cc1NC(=O)C[C@@H]1S/C(=N/N=C(/C)c2cc(Br)ccc2O)NC1=O. The Morgan fingerprint density at radius 2 is 2.12 bits per heavy atom. The summed E-state index contributed by atoms with van der Waals surface area (Å²) < 4.78 is 6.05. The lowest BCUT2D eigenvalue weighted by Gasteiger charge is -2.13. The second-order valence-corrected chi connectivity index (χ2v) is 9.42. The number of aromatic hydroxyl groups is 1. The van der Waals surface area contributed by atoms with Gasteiger partial charge in [0.1, 0.15) is 16.7 Å². The molecule has 0 saturated carbocycles. The molecule has 3 N–H and O–H groups in total. The van der Waals surface area contributed by atoms with Gasteiger partial charge in [0.05, 0.1) is 18.5 Å². The lowest BCUT2D eigenvalue weighted by Crippen LogP contribution is -2.28. The Labute approximate surface area is 202 Å². The third-order valence-electron chi connectivity index (χ3n) is 4.54. The standard InChI is InChI=1S/C21H20BrClN4O4S/c1-10-6-15(17(31-3)8-14(10)23)24-19(29)9-18-20(30)25-21(32-18)27-26-11(2)13-7-12(22)4-5-16(13)28/h4-8,18,28H,9H2,1-3H3,(H,24,29)(H,25,27,30)/b26-11-/t18-/m0/s1. The maximum Gasteiger partial charge on any atom is 0.240 e. The number of phenolic OH excluding ortho intramolecular Hbond substituents is 1. The first kappa shape index (κ1) is 24.1. The van der Waals surface area contributed by atoms with Crippen LogP contribution in [0.3, 0.4) is 0 Å². The molecule has 11 heteroatoms. The molecule has 0 bridgehead atoms. The molecular formula is C21H20BrClN4O4S. The summed E-state index contributed by atoms with van der Waals surface area (Å²) in [6, 6.07) is 8.31. The number of amidine groups is 1. The van der Waals surface area contributed by atoms with E-state index in [9.17, 15) is 14.7 Å². The number of phenols is 1. The quantitative estimate of drug-likeness (QED) is 0.370. The topological polar surface area (TPSA) is 112 Å². The van der Waals surface area contributed by atoms with Crippen molar-refractivity contribution < 1.29 is 19.4 Å². The molecule has 8 nitrogen and oxygen atoms in total. The number of aryl methyl sites for hydroxylation is 1. The molecule has 32 heavy (non-hydrogen) atoms. The lowest BCUT2D eigenvalue weighted by molar-refractivity contribution is -0.122. The van der Waals surface area contributed by atoms with E-state index in [2.05, 4.69) is 36.8 Å². The number of ether oxygens (including phenoxy) is 1. The fraction of sp³-hybridized carbons (Fsp3) is 0.238. The number of thioether (sulfide) groups is 1. The van der Waals surface area contributed by atoms with Crippen LogP contribution in [0.4, 0.5) is 5.69 Å². The van der Waals surface area contributed by atoms with Crippen molar-refractivity contribution in [3.63, 3.8) is 0 Å². The third kappa shape index (κ3) is 5.81. The van der Waals surface area contributed by atoms with Gasteiger partial charge in [0, 0.05) is 27.5 Å². The summed E-state index contributed by atoms with van der Waals surface area (Å²) in [4.78, 5) is 24.8. The van der Waals surface area contributed by atoms with Crippen molar-refractivity contribution in [1.29, 1.82) is 0 Å². The van der Waals surface area contributed by atoms with Crippen molar-refractivity contribution in [2.24, 2.45) is 10.2 Å². The van der Waals surface area contributed by atoms with Gasteiger partial charge in [0.2, 0.25) is 11.8 Å². The molecule has 1 heterocycles. The highest BCUT2D eigenvalue weighted by Crippen LogP contribution is 2.32. The zero-order chi connectivity index (χ0) is 23.4. The maximum atomic E-state index is 12.5. The predicted molar refractivity (Wildman–Crippen MR) is 131 cm³/mol. The second kappa shape index (κ2) is 10.4. The summed E-state index contributed by atoms with van der Waals surface area (Å²) in [5.74, 6) is -0.181. The second-order valence-electron chi connectivity index (χ2n) is 6.90. The van der Waals surface area contributed by atoms with Gasteiger partial charge in [-0.1, -0.05) is 39.3 Å². The molecule has 1 saturated heterocycles. The van der Waals surface area contributed by atoms with Crippen LogP contribution in [0.15, 0.2) is 45.0 Å². The third-order valence-corrected chi connectivity index (χ3v) is 6.51. The molecule has 2 aromatic carbocycles. The normalized spacial score (nSPS) is 17.4. The van der Waals surface area contributed by atoms with Crippen LogP contribution in [-0.2, 0) is 9.59 Å². The Bertz CT molecular complexity index is 1140. The number of methoxy groups -OCH3 is 1. The van der Waals surface area contributed by atoms with Crippen molar-refractivity contribution in [2.45, 2.75) is 25.5 Å². The molecule has 0 aliphatic carbocycles. The van der Waals surface area contributed by atoms with Crippen molar-refractivity contribution in [3.8, 4) is 11.5 Å². The van der Waals surface area contributed by atoms with Gasteiger partial charge in [-0.05, 0) is 43.7 Å². The van der Waals surface area contributed by atoms with E-state index >= 15 is 0 Å². The van der Waals surface area contributed by atoms with E-state index in [0.29, 0.717) is 27.7 Å². The Morgan fingerprint density at radius 1 is 1.38 bits per heavy atom. The van der Waals surface area contributed by atoms with Gasteiger partial charge >= 0.3 is 0 Å². The number of benzene rings is 2. The van der Waals surface area contributed by atoms with Crippen molar-refractivity contribution in [1.82, 2.24) is 5.32 Å². The van der Waals surface area contributed by atoms with E-state index in [1.54, 1.807) is 37.3 Å². The van der Waals surface area contributed by atoms with Crippen LogP contribution in [0.1, 0.15) is 24.5 Å². The smallest absolute Gasteiger partial charge is 0.240 e. The fourth-order valence-corrected chi connectivity index (χ4v) is 4.29. The van der Waals surface area contributed by atoms with Crippen molar-refractivity contribution >= 4 is 67.7 Å². The van der Waals surface area contributed by atoms with Gasteiger partial charge in [-0.25, -0.2) is 0 Å². The Balaban J connectivity index is 1.66. The van der Waals surface area contributed by atoms with Crippen LogP contribution in [0.25, 0.3) is 0 Å². The van der Waals surface area contributed by atoms with Crippen molar-refractivity contribution in [3.05, 3.63) is 51.0 Å². The highest BCUT2D eigenvalue weighted by atomic mass is 79.9. The molecule has 1 atom stereocenters. The number of nitrogens with one attached hydrogen (secondary N) is 2. The highest BCUT2D eigenvalue weighted by Gasteiger charge is 2.32. The summed E-state index contributed by atoms with van der Waals surface area (Å²) in [5, 5.41) is 23.7. The lowest BCUT2D eigenvalue weighted by atomic mass is 10.1. The van der Waals surface area contributed by atoms with Gasteiger partial charge in [-0.3, -0.25) is 9.59 Å². The average molecular weight is 540 g/mol. The summed E-state index contributed by atoms with van der Waals surface area (Å²) in [6.07, 6.45) is -0.0601. The average Bonchev–Trinajstić information content (AvgIpc) is 3.09. The molecule has 2 aromatic rings. The minimum atomic E-state index is -0.650. The van der Waals surface area contributed by atoms with Crippen LogP contribution in [0.5, 0.6) is 11.5 Å². The molecule has 2 amide bonds. The van der Waals surface area contributed by atoms with Gasteiger partial charge < -0.3 is 20.5 Å². The van der Waals surface area contributed by atoms with Crippen LogP contribution in [0, 0.1) is 6.92 Å². The van der Waals surface area contributed by atoms with Crippen LogP contribution in [-0.4, -0.2) is 40.2 Å². The summed E-state index contributed by atoms with van der Waals surface area (Å²) in [5.41, 5.74) is 2.25. The Kier molecular flexibility index (Phi) is 7.81. The first-order valence-electron chi connectivity index (χ1n) is 9.40. The summed E-state index contributed by atoms with van der Waals surface area (Å²) >= 11 is 10.6. The molecule has 0 radical (unpaired) electrons. The summed E-state index contributed by atoms with van der Waals surface area (Å²) in [6.45, 7) is 3.51. The van der Waals surface area contributed by atoms with Crippen LogP contribution >= 0.6 is 39.3 Å². The summed E-state index contributed by atoms with van der Waals surface area (Å²) in [7, 11) is 1.48.